The fraction of sp³-hybridized carbons (Fsp3) is 0.850. The quantitative estimate of drug-likeness (QED) is 0.612. The number of carboxylic acid groups (broad SMARTS) is 1. The van der Waals surface area contributed by atoms with Crippen molar-refractivity contribution >= 4 is 14.3 Å². The number of carbonyl (C=O) groups excluding carboxylic acids is 1. The molecule has 0 spiro atoms. The largest absolute Gasteiger partial charge is 0.550 e. The molecule has 2 aliphatic rings. The van der Waals surface area contributed by atoms with Crippen molar-refractivity contribution in [3.05, 3.63) is 12.2 Å². The number of fused-ring (bicyclic) bond motifs is 1. The molecule has 0 radical (unpaired) electrons. The molecule has 0 saturated heterocycles. The summed E-state index contributed by atoms with van der Waals surface area (Å²) in [6, 6.07) is 0. The zero-order valence-corrected chi connectivity index (χ0v) is 17.8. The van der Waals surface area contributed by atoms with Gasteiger partial charge >= 0.3 is 0 Å². The van der Waals surface area contributed by atoms with E-state index in [0.29, 0.717) is 6.42 Å². The molecule has 5 heteroatoms. The van der Waals surface area contributed by atoms with Crippen LogP contribution in [0.1, 0.15) is 47.5 Å². The third-order valence-corrected chi connectivity index (χ3v) is 11.4. The Morgan fingerprint density at radius 1 is 1.32 bits per heavy atom. The Labute approximate surface area is 153 Å². The topological polar surface area (TPSA) is 69.6 Å². The average Bonchev–Trinajstić information content (AvgIpc) is 2.46. The van der Waals surface area contributed by atoms with Crippen LogP contribution in [0, 0.1) is 29.1 Å². The summed E-state index contributed by atoms with van der Waals surface area (Å²) >= 11 is 0. The summed E-state index contributed by atoms with van der Waals surface area (Å²) in [4.78, 5) is 11.9. The van der Waals surface area contributed by atoms with E-state index in [1.165, 1.54) is 0 Å². The first-order valence-electron chi connectivity index (χ1n) is 9.49. The molecular weight excluding hydrogens is 332 g/mol. The fourth-order valence-electron chi connectivity index (χ4n) is 4.34. The monoisotopic (exact) mass is 367 g/mol. The summed E-state index contributed by atoms with van der Waals surface area (Å²) in [5.74, 6) is -1.48. The van der Waals surface area contributed by atoms with Gasteiger partial charge < -0.3 is 19.4 Å². The maximum absolute atomic E-state index is 11.9. The number of aliphatic hydroxyl groups excluding tert-OH is 1. The summed E-state index contributed by atoms with van der Waals surface area (Å²) in [6.45, 7) is 15.2. The van der Waals surface area contributed by atoms with E-state index in [9.17, 15) is 15.0 Å². The van der Waals surface area contributed by atoms with E-state index in [2.05, 4.69) is 46.9 Å². The fourth-order valence-corrected chi connectivity index (χ4v) is 5.70. The van der Waals surface area contributed by atoms with E-state index in [0.717, 1.165) is 6.42 Å². The first-order chi connectivity index (χ1) is 11.3. The van der Waals surface area contributed by atoms with Crippen molar-refractivity contribution in [2.24, 2.45) is 29.1 Å². The first kappa shape index (κ1) is 20.7. The predicted molar refractivity (Wildman–Crippen MR) is 100 cm³/mol. The van der Waals surface area contributed by atoms with Crippen molar-refractivity contribution in [1.82, 2.24) is 0 Å². The standard InChI is InChI=1S/C20H36O4Si/c1-13-8-9-14-10-20(5,12-21)11-15(17(14)16(13)18(22)23)24-25(6,7)19(2,3)4/h8-9,13-17,21H,10-12H2,1-7H3,(H,22,23)/p-1. The van der Waals surface area contributed by atoms with Crippen LogP contribution in [0.25, 0.3) is 0 Å². The lowest BCUT2D eigenvalue weighted by molar-refractivity contribution is -0.317. The summed E-state index contributed by atoms with van der Waals surface area (Å²) in [7, 11) is -2.05. The SMILES string of the molecule is CC1C=CC2CC(C)(CO)CC(O[Si](C)(C)C(C)(C)C)C2C1C(=O)[O-]. The molecule has 0 aromatic rings. The summed E-state index contributed by atoms with van der Waals surface area (Å²) < 4.78 is 6.74. The minimum Gasteiger partial charge on any atom is -0.550 e. The number of carboxylic acids is 1. The molecule has 6 atom stereocenters. The molecule has 4 nitrogen and oxygen atoms in total. The van der Waals surface area contributed by atoms with Crippen LogP contribution in [-0.2, 0) is 9.22 Å². The van der Waals surface area contributed by atoms with Gasteiger partial charge in [-0.3, -0.25) is 0 Å². The molecule has 1 fully saturated rings. The van der Waals surface area contributed by atoms with Gasteiger partial charge in [-0.1, -0.05) is 46.8 Å². The number of hydrogen-bond donors (Lipinski definition) is 1. The summed E-state index contributed by atoms with van der Waals surface area (Å²) in [6.07, 6.45) is 5.53. The highest BCUT2D eigenvalue weighted by Gasteiger charge is 2.51. The molecule has 2 aliphatic carbocycles. The third kappa shape index (κ3) is 4.04. The maximum atomic E-state index is 11.9. The predicted octanol–water partition coefficient (Wildman–Crippen LogP) is 2.97. The smallest absolute Gasteiger partial charge is 0.192 e. The van der Waals surface area contributed by atoms with Crippen LogP contribution < -0.4 is 5.11 Å². The van der Waals surface area contributed by atoms with E-state index < -0.39 is 20.2 Å². The molecule has 0 aliphatic heterocycles. The van der Waals surface area contributed by atoms with Gasteiger partial charge in [0, 0.05) is 24.6 Å². The van der Waals surface area contributed by atoms with Crippen molar-refractivity contribution in [2.45, 2.75) is 71.7 Å². The highest BCUT2D eigenvalue weighted by Crippen LogP contribution is 2.52. The third-order valence-electron chi connectivity index (χ3n) is 6.90. The lowest BCUT2D eigenvalue weighted by Crippen LogP contribution is -2.57. The molecule has 0 amide bonds. The molecule has 2 rings (SSSR count). The van der Waals surface area contributed by atoms with Crippen LogP contribution in [0.2, 0.25) is 18.1 Å². The van der Waals surface area contributed by atoms with Gasteiger partial charge in [-0.15, -0.1) is 0 Å². The van der Waals surface area contributed by atoms with Crippen molar-refractivity contribution in [3.8, 4) is 0 Å². The Balaban J connectivity index is 2.42. The summed E-state index contributed by atoms with van der Waals surface area (Å²) in [5, 5.41) is 21.9. The Kier molecular flexibility index (Phi) is 5.63. The molecule has 6 unspecified atom stereocenters. The first-order valence-corrected chi connectivity index (χ1v) is 12.4. The van der Waals surface area contributed by atoms with Gasteiger partial charge in [-0.2, -0.15) is 0 Å². The lowest BCUT2D eigenvalue weighted by Gasteiger charge is -2.54. The number of aliphatic hydroxyl groups is 1. The Bertz CT molecular complexity index is 536. The second-order valence-electron chi connectivity index (χ2n) is 10.1. The molecule has 1 N–H and O–H groups in total. The minimum absolute atomic E-state index is 0.0461. The van der Waals surface area contributed by atoms with Gasteiger partial charge in [-0.25, -0.2) is 0 Å². The van der Waals surface area contributed by atoms with Crippen LogP contribution in [-0.4, -0.2) is 32.1 Å². The molecule has 144 valence electrons. The normalized spacial score (nSPS) is 39.1. The zero-order valence-electron chi connectivity index (χ0n) is 16.8. The van der Waals surface area contributed by atoms with E-state index in [-0.39, 0.29) is 40.9 Å². The van der Waals surface area contributed by atoms with Gasteiger partial charge in [0.25, 0.3) is 0 Å². The molecule has 0 aromatic carbocycles. The van der Waals surface area contributed by atoms with E-state index in [4.69, 9.17) is 4.43 Å². The van der Waals surface area contributed by atoms with Crippen molar-refractivity contribution in [1.29, 1.82) is 0 Å². The number of allylic oxidation sites excluding steroid dienone is 2. The highest BCUT2D eigenvalue weighted by molar-refractivity contribution is 6.74. The van der Waals surface area contributed by atoms with Gasteiger partial charge in [0.05, 0.1) is 0 Å². The zero-order chi connectivity index (χ0) is 19.2. The number of carbonyl (C=O) groups is 1. The molecule has 25 heavy (non-hydrogen) atoms. The van der Waals surface area contributed by atoms with Crippen LogP contribution in [0.3, 0.4) is 0 Å². The van der Waals surface area contributed by atoms with E-state index >= 15 is 0 Å². The average molecular weight is 368 g/mol. The second kappa shape index (κ2) is 6.82. The minimum atomic E-state index is -2.05. The Hall–Kier alpha value is -0.653. The molecule has 0 bridgehead atoms. The highest BCUT2D eigenvalue weighted by atomic mass is 28.4. The molecule has 0 heterocycles. The van der Waals surface area contributed by atoms with Crippen LogP contribution in [0.5, 0.6) is 0 Å². The number of rotatable bonds is 4. The van der Waals surface area contributed by atoms with Gasteiger partial charge in [0.15, 0.2) is 8.32 Å². The van der Waals surface area contributed by atoms with Crippen molar-refractivity contribution in [2.75, 3.05) is 6.61 Å². The number of aliphatic carboxylic acids is 1. The van der Waals surface area contributed by atoms with Crippen LogP contribution >= 0.6 is 0 Å². The van der Waals surface area contributed by atoms with Gasteiger partial charge in [-0.05, 0) is 54.1 Å². The van der Waals surface area contributed by atoms with Crippen molar-refractivity contribution in [3.63, 3.8) is 0 Å². The Morgan fingerprint density at radius 2 is 1.92 bits per heavy atom. The second-order valence-corrected chi connectivity index (χ2v) is 14.9. The molecule has 1 saturated carbocycles. The van der Waals surface area contributed by atoms with E-state index in [1.54, 1.807) is 0 Å². The van der Waals surface area contributed by atoms with Crippen molar-refractivity contribution < 1.29 is 19.4 Å². The molecular formula is C20H35O4Si-. The van der Waals surface area contributed by atoms with E-state index in [1.807, 2.05) is 13.0 Å². The summed E-state index contributed by atoms with van der Waals surface area (Å²) in [5.41, 5.74) is -0.227. The van der Waals surface area contributed by atoms with Crippen LogP contribution in [0.4, 0.5) is 0 Å². The molecule has 0 aromatic heterocycles. The lowest BCUT2D eigenvalue weighted by atomic mass is 9.58. The maximum Gasteiger partial charge on any atom is 0.192 e. The number of hydrogen-bond acceptors (Lipinski definition) is 4. The Morgan fingerprint density at radius 3 is 2.40 bits per heavy atom. The van der Waals surface area contributed by atoms with Gasteiger partial charge in [0.2, 0.25) is 0 Å². The van der Waals surface area contributed by atoms with Gasteiger partial charge in [0.1, 0.15) is 0 Å². The van der Waals surface area contributed by atoms with Crippen LogP contribution in [0.15, 0.2) is 12.2 Å².